The van der Waals surface area contributed by atoms with E-state index >= 15 is 0 Å². The van der Waals surface area contributed by atoms with Gasteiger partial charge in [0, 0.05) is 16.4 Å². The number of aromatic nitrogens is 2. The Labute approximate surface area is 198 Å². The third-order valence-electron chi connectivity index (χ3n) is 5.57. The summed E-state index contributed by atoms with van der Waals surface area (Å²) in [6.45, 7) is 4.41. The Hall–Kier alpha value is -2.84. The second kappa shape index (κ2) is 9.57. The average Bonchev–Trinajstić information content (AvgIpc) is 3.38. The predicted octanol–water partition coefficient (Wildman–Crippen LogP) is 4.85. The molecule has 1 aliphatic heterocycles. The average molecular weight is 488 g/mol. The molecule has 2 heterocycles. The zero-order valence-electron chi connectivity index (χ0n) is 18.5. The molecule has 2 aromatic carbocycles. The summed E-state index contributed by atoms with van der Waals surface area (Å²) >= 11 is 5.90. The maximum Gasteiger partial charge on any atom is 0.276 e. The van der Waals surface area contributed by atoms with E-state index in [-0.39, 0.29) is 35.1 Å². The van der Waals surface area contributed by atoms with Crippen molar-refractivity contribution in [2.45, 2.75) is 38.8 Å². The molecule has 1 N–H and O–H groups in total. The van der Waals surface area contributed by atoms with Crippen LogP contribution in [-0.2, 0) is 16.4 Å². The molecule has 1 amide bonds. The number of nitrogens with one attached hydrogen (secondary N) is 1. The Bertz CT molecular complexity index is 1240. The van der Waals surface area contributed by atoms with E-state index in [9.17, 15) is 13.2 Å². The molecule has 0 saturated carbocycles. The van der Waals surface area contributed by atoms with Crippen LogP contribution in [0.1, 0.15) is 54.0 Å². The van der Waals surface area contributed by atoms with Crippen molar-refractivity contribution in [1.29, 1.82) is 0 Å². The Morgan fingerprint density at radius 3 is 2.48 bits per heavy atom. The molecule has 0 aliphatic carbocycles. The molecular weight excluding hydrogens is 462 g/mol. The summed E-state index contributed by atoms with van der Waals surface area (Å²) in [6, 6.07) is 16.1. The van der Waals surface area contributed by atoms with Gasteiger partial charge in [-0.25, -0.2) is 8.42 Å². The van der Waals surface area contributed by atoms with E-state index in [4.69, 9.17) is 16.3 Å². The molecule has 1 saturated heterocycles. The first-order valence-electron chi connectivity index (χ1n) is 10.8. The van der Waals surface area contributed by atoms with Gasteiger partial charge in [0.1, 0.15) is 12.4 Å². The number of amides is 1. The predicted molar refractivity (Wildman–Crippen MR) is 129 cm³/mol. The minimum atomic E-state index is -3.05. The van der Waals surface area contributed by atoms with Crippen LogP contribution in [0.5, 0.6) is 5.75 Å². The lowest BCUT2D eigenvalue weighted by Crippen LogP contribution is -2.17. The van der Waals surface area contributed by atoms with Crippen LogP contribution in [0, 0.1) is 0 Å². The highest BCUT2D eigenvalue weighted by molar-refractivity contribution is 7.91. The lowest BCUT2D eigenvalue weighted by atomic mass is 10.1. The van der Waals surface area contributed by atoms with Gasteiger partial charge in [0.05, 0.1) is 17.5 Å². The third kappa shape index (κ3) is 5.75. The van der Waals surface area contributed by atoms with Gasteiger partial charge in [-0.2, -0.15) is 5.10 Å². The van der Waals surface area contributed by atoms with E-state index in [1.165, 1.54) is 0 Å². The van der Waals surface area contributed by atoms with Crippen molar-refractivity contribution in [2.75, 3.05) is 16.8 Å². The lowest BCUT2D eigenvalue weighted by Gasteiger charge is -2.15. The summed E-state index contributed by atoms with van der Waals surface area (Å²) in [5, 5.41) is 7.99. The lowest BCUT2D eigenvalue weighted by molar-refractivity contribution is 0.102. The van der Waals surface area contributed by atoms with Gasteiger partial charge in [-0.15, -0.1) is 0 Å². The molecule has 33 heavy (non-hydrogen) atoms. The Balaban J connectivity index is 1.41. The van der Waals surface area contributed by atoms with Gasteiger partial charge in [0.2, 0.25) is 0 Å². The highest BCUT2D eigenvalue weighted by Crippen LogP contribution is 2.28. The number of sulfone groups is 1. The number of carbonyl (C=O) groups is 1. The third-order valence-corrected chi connectivity index (χ3v) is 7.58. The van der Waals surface area contributed by atoms with Gasteiger partial charge in [-0.3, -0.25) is 9.48 Å². The number of anilines is 1. The Morgan fingerprint density at radius 2 is 1.88 bits per heavy atom. The normalized spacial score (nSPS) is 17.3. The van der Waals surface area contributed by atoms with Gasteiger partial charge in [-0.05, 0) is 60.4 Å². The van der Waals surface area contributed by atoms with Crippen molar-refractivity contribution in [3.8, 4) is 5.75 Å². The van der Waals surface area contributed by atoms with Crippen LogP contribution >= 0.6 is 11.6 Å². The van der Waals surface area contributed by atoms with Crippen LogP contribution in [0.4, 0.5) is 5.69 Å². The molecule has 1 aromatic heterocycles. The standard InChI is InChI=1S/C24H26ClN3O4S/c1-16(2)23-13-22(27-28(23)20-11-12-33(30,31)15-20)24(29)26-19-7-9-21(10-8-19)32-14-17-3-5-18(25)6-4-17/h3-10,13,16,20H,11-12,14-15H2,1-2H3,(H,26,29). The first kappa shape index (κ1) is 23.3. The molecule has 4 rings (SSSR count). The molecular formula is C24H26ClN3O4S. The quantitative estimate of drug-likeness (QED) is 0.514. The van der Waals surface area contributed by atoms with Crippen molar-refractivity contribution in [3.05, 3.63) is 76.6 Å². The Kier molecular flexibility index (Phi) is 6.76. The van der Waals surface area contributed by atoms with Crippen molar-refractivity contribution in [2.24, 2.45) is 0 Å². The number of hydrogen-bond donors (Lipinski definition) is 1. The second-order valence-electron chi connectivity index (χ2n) is 8.50. The summed E-state index contributed by atoms with van der Waals surface area (Å²) < 4.78 is 31.3. The molecule has 1 unspecified atom stereocenters. The minimum absolute atomic E-state index is 0.0624. The molecule has 7 nitrogen and oxygen atoms in total. The monoisotopic (exact) mass is 487 g/mol. The van der Waals surface area contributed by atoms with Gasteiger partial charge in [0.25, 0.3) is 5.91 Å². The first-order chi connectivity index (χ1) is 15.7. The summed E-state index contributed by atoms with van der Waals surface area (Å²) in [5.74, 6) is 0.665. The Morgan fingerprint density at radius 1 is 1.18 bits per heavy atom. The molecule has 0 radical (unpaired) electrons. The number of benzene rings is 2. The van der Waals surface area contributed by atoms with Gasteiger partial charge in [0.15, 0.2) is 15.5 Å². The zero-order chi connectivity index (χ0) is 23.6. The fourth-order valence-electron chi connectivity index (χ4n) is 3.79. The maximum atomic E-state index is 12.8. The molecule has 0 bridgehead atoms. The number of rotatable bonds is 7. The maximum absolute atomic E-state index is 12.8. The van der Waals surface area contributed by atoms with Crippen LogP contribution in [0.2, 0.25) is 5.02 Å². The molecule has 1 atom stereocenters. The van der Waals surface area contributed by atoms with Crippen LogP contribution in [0.3, 0.4) is 0 Å². The summed E-state index contributed by atoms with van der Waals surface area (Å²) in [4.78, 5) is 12.8. The van der Waals surface area contributed by atoms with Crippen molar-refractivity contribution >= 4 is 33.0 Å². The topological polar surface area (TPSA) is 90.3 Å². The van der Waals surface area contributed by atoms with Gasteiger partial charge in [-0.1, -0.05) is 37.6 Å². The largest absolute Gasteiger partial charge is 0.489 e. The number of hydrogen-bond acceptors (Lipinski definition) is 5. The van der Waals surface area contributed by atoms with Crippen LogP contribution in [0.15, 0.2) is 54.6 Å². The number of nitrogens with zero attached hydrogens (tertiary/aromatic N) is 2. The molecule has 9 heteroatoms. The van der Waals surface area contributed by atoms with E-state index in [1.807, 2.05) is 38.1 Å². The number of carbonyl (C=O) groups excluding carboxylic acids is 1. The van der Waals surface area contributed by atoms with Crippen molar-refractivity contribution in [1.82, 2.24) is 9.78 Å². The van der Waals surface area contributed by atoms with Gasteiger partial charge >= 0.3 is 0 Å². The number of ether oxygens (including phenoxy) is 1. The fourth-order valence-corrected chi connectivity index (χ4v) is 5.61. The van der Waals surface area contributed by atoms with E-state index < -0.39 is 9.84 Å². The van der Waals surface area contributed by atoms with Crippen LogP contribution in [-0.4, -0.2) is 35.6 Å². The van der Waals surface area contributed by atoms with Crippen molar-refractivity contribution < 1.29 is 17.9 Å². The summed E-state index contributed by atoms with van der Waals surface area (Å²) in [7, 11) is -3.05. The van der Waals surface area contributed by atoms with E-state index in [0.717, 1.165) is 11.3 Å². The van der Waals surface area contributed by atoms with E-state index in [2.05, 4.69) is 10.4 Å². The highest BCUT2D eigenvalue weighted by atomic mass is 35.5. The molecule has 3 aromatic rings. The molecule has 0 spiro atoms. The minimum Gasteiger partial charge on any atom is -0.489 e. The number of halogens is 1. The first-order valence-corrected chi connectivity index (χ1v) is 13.0. The van der Waals surface area contributed by atoms with Crippen LogP contribution in [0.25, 0.3) is 0 Å². The zero-order valence-corrected chi connectivity index (χ0v) is 20.1. The SMILES string of the molecule is CC(C)c1cc(C(=O)Nc2ccc(OCc3ccc(Cl)cc3)cc2)nn1C1CCS(=O)(=O)C1. The molecule has 1 fully saturated rings. The molecule has 174 valence electrons. The van der Waals surface area contributed by atoms with Crippen molar-refractivity contribution in [3.63, 3.8) is 0 Å². The van der Waals surface area contributed by atoms with E-state index in [0.29, 0.717) is 29.5 Å². The van der Waals surface area contributed by atoms with E-state index in [1.54, 1.807) is 35.0 Å². The summed E-state index contributed by atoms with van der Waals surface area (Å²) in [6.07, 6.45) is 0.516. The molecule has 1 aliphatic rings. The van der Waals surface area contributed by atoms with Gasteiger partial charge < -0.3 is 10.1 Å². The fraction of sp³-hybridized carbons (Fsp3) is 0.333. The highest BCUT2D eigenvalue weighted by Gasteiger charge is 2.32. The smallest absolute Gasteiger partial charge is 0.276 e. The van der Waals surface area contributed by atoms with Crippen LogP contribution < -0.4 is 10.1 Å². The second-order valence-corrected chi connectivity index (χ2v) is 11.2. The summed E-state index contributed by atoms with van der Waals surface area (Å²) in [5.41, 5.74) is 2.74.